The molecule has 0 spiro atoms. The van der Waals surface area contributed by atoms with Crippen molar-refractivity contribution in [2.75, 3.05) is 6.54 Å². The first-order valence-corrected chi connectivity index (χ1v) is 9.61. The van der Waals surface area contributed by atoms with Crippen molar-refractivity contribution in [2.24, 2.45) is 0 Å². The van der Waals surface area contributed by atoms with Crippen molar-refractivity contribution in [1.29, 1.82) is 0 Å². The fourth-order valence-corrected chi connectivity index (χ4v) is 2.81. The standard InChI is InChI=1S/C21H23ClN2O6/c22-17-9-5-4-8-15(17)10-18(20(27)28)24-19(26)11-16(25)12-23-21(29)30-13-14-6-2-1-3-7-14/h1-9,16,18,25H,10-13H2,(H,23,29)(H,24,26)(H,27,28)/t16-,18+/m1/s1. The molecule has 0 aliphatic rings. The lowest BCUT2D eigenvalue weighted by Gasteiger charge is -2.17. The highest BCUT2D eigenvalue weighted by Gasteiger charge is 2.23. The van der Waals surface area contributed by atoms with Gasteiger partial charge in [-0.1, -0.05) is 60.1 Å². The summed E-state index contributed by atoms with van der Waals surface area (Å²) in [5.41, 5.74) is 1.39. The Balaban J connectivity index is 1.74. The molecule has 2 aromatic carbocycles. The Kier molecular flexibility index (Phi) is 9.11. The molecule has 0 heterocycles. The maximum absolute atomic E-state index is 12.1. The molecule has 0 saturated carbocycles. The number of alkyl carbamates (subject to hydrolysis) is 1. The Hall–Kier alpha value is -3.10. The van der Waals surface area contributed by atoms with E-state index in [1.807, 2.05) is 18.2 Å². The van der Waals surface area contributed by atoms with Crippen LogP contribution < -0.4 is 10.6 Å². The van der Waals surface area contributed by atoms with Gasteiger partial charge in [0.25, 0.3) is 0 Å². The minimum Gasteiger partial charge on any atom is -0.480 e. The molecule has 0 radical (unpaired) electrons. The predicted molar refractivity (Wildman–Crippen MR) is 110 cm³/mol. The number of rotatable bonds is 10. The van der Waals surface area contributed by atoms with Gasteiger partial charge in [0, 0.05) is 18.0 Å². The number of aliphatic hydroxyl groups is 1. The van der Waals surface area contributed by atoms with Crippen molar-refractivity contribution >= 4 is 29.6 Å². The molecule has 2 aromatic rings. The van der Waals surface area contributed by atoms with Crippen LogP contribution in [0.1, 0.15) is 17.5 Å². The van der Waals surface area contributed by atoms with Crippen LogP contribution in [0.2, 0.25) is 5.02 Å². The third kappa shape index (κ3) is 8.10. The summed E-state index contributed by atoms with van der Waals surface area (Å²) in [6.07, 6.45) is -2.32. The molecule has 0 unspecified atom stereocenters. The summed E-state index contributed by atoms with van der Waals surface area (Å²) in [4.78, 5) is 35.2. The second-order valence-electron chi connectivity index (χ2n) is 6.55. The highest BCUT2D eigenvalue weighted by Crippen LogP contribution is 2.17. The van der Waals surface area contributed by atoms with Gasteiger partial charge in [0.1, 0.15) is 12.6 Å². The van der Waals surface area contributed by atoms with E-state index in [1.165, 1.54) is 0 Å². The Morgan fingerprint density at radius 1 is 1.03 bits per heavy atom. The van der Waals surface area contributed by atoms with Crippen molar-refractivity contribution < 1.29 is 29.3 Å². The number of aliphatic carboxylic acids is 1. The summed E-state index contributed by atoms with van der Waals surface area (Å²) < 4.78 is 5.01. The molecule has 0 aliphatic heterocycles. The predicted octanol–water partition coefficient (Wildman–Crippen LogP) is 2.13. The maximum Gasteiger partial charge on any atom is 0.407 e. The van der Waals surface area contributed by atoms with Crippen LogP contribution in [0, 0.1) is 0 Å². The van der Waals surface area contributed by atoms with E-state index in [2.05, 4.69) is 10.6 Å². The van der Waals surface area contributed by atoms with Gasteiger partial charge in [-0.3, -0.25) is 4.79 Å². The number of halogens is 1. The molecular weight excluding hydrogens is 412 g/mol. The van der Waals surface area contributed by atoms with Crippen LogP contribution in [0.4, 0.5) is 4.79 Å². The second-order valence-corrected chi connectivity index (χ2v) is 6.96. The van der Waals surface area contributed by atoms with Crippen LogP contribution in [-0.2, 0) is 27.4 Å². The van der Waals surface area contributed by atoms with E-state index in [-0.39, 0.29) is 26.0 Å². The first kappa shape index (κ1) is 23.2. The Bertz CT molecular complexity index is 862. The van der Waals surface area contributed by atoms with Crippen molar-refractivity contribution in [3.05, 3.63) is 70.7 Å². The summed E-state index contributed by atoms with van der Waals surface area (Å²) >= 11 is 6.03. The normalized spacial score (nSPS) is 12.5. The molecule has 30 heavy (non-hydrogen) atoms. The average molecular weight is 435 g/mol. The van der Waals surface area contributed by atoms with Crippen LogP contribution in [0.15, 0.2) is 54.6 Å². The molecule has 0 fully saturated rings. The van der Waals surface area contributed by atoms with Gasteiger partial charge >= 0.3 is 12.1 Å². The van der Waals surface area contributed by atoms with Crippen LogP contribution in [-0.4, -0.2) is 46.9 Å². The Morgan fingerprint density at radius 3 is 2.37 bits per heavy atom. The minimum atomic E-state index is -1.22. The topological polar surface area (TPSA) is 125 Å². The van der Waals surface area contributed by atoms with Gasteiger partial charge in [-0.25, -0.2) is 9.59 Å². The molecule has 9 heteroatoms. The molecule has 2 amide bonds. The summed E-state index contributed by atoms with van der Waals surface area (Å²) in [7, 11) is 0. The summed E-state index contributed by atoms with van der Waals surface area (Å²) in [6, 6.07) is 14.6. The lowest BCUT2D eigenvalue weighted by Crippen LogP contribution is -2.44. The Labute approximate surface area is 178 Å². The van der Waals surface area contributed by atoms with Crippen molar-refractivity contribution in [2.45, 2.75) is 31.6 Å². The molecule has 0 aromatic heterocycles. The monoisotopic (exact) mass is 434 g/mol. The molecule has 0 bridgehead atoms. The van der Waals surface area contributed by atoms with E-state index >= 15 is 0 Å². The third-order valence-corrected chi connectivity index (χ3v) is 4.50. The number of carboxylic acid groups (broad SMARTS) is 1. The fraction of sp³-hybridized carbons (Fsp3) is 0.286. The number of carbonyl (C=O) groups excluding carboxylic acids is 2. The van der Waals surface area contributed by atoms with Gasteiger partial charge < -0.3 is 25.6 Å². The van der Waals surface area contributed by atoms with E-state index in [0.717, 1.165) is 5.56 Å². The highest BCUT2D eigenvalue weighted by molar-refractivity contribution is 6.31. The number of nitrogens with one attached hydrogen (secondary N) is 2. The summed E-state index contributed by atoms with van der Waals surface area (Å²) in [5, 5.41) is 24.4. The van der Waals surface area contributed by atoms with Gasteiger partial charge in [0.15, 0.2) is 0 Å². The summed E-state index contributed by atoms with van der Waals surface area (Å²) in [6.45, 7) is -0.144. The number of ether oxygens (including phenoxy) is 1. The van der Waals surface area contributed by atoms with Gasteiger partial charge in [0.2, 0.25) is 5.91 Å². The number of carbonyl (C=O) groups is 3. The quantitative estimate of drug-likeness (QED) is 0.454. The third-order valence-electron chi connectivity index (χ3n) is 4.13. The van der Waals surface area contributed by atoms with Gasteiger partial charge in [0.05, 0.1) is 12.5 Å². The van der Waals surface area contributed by atoms with Crippen molar-refractivity contribution in [1.82, 2.24) is 10.6 Å². The molecule has 2 rings (SSSR count). The van der Waals surface area contributed by atoms with E-state index in [0.29, 0.717) is 10.6 Å². The number of hydrogen-bond donors (Lipinski definition) is 4. The number of hydrogen-bond acceptors (Lipinski definition) is 5. The van der Waals surface area contributed by atoms with Gasteiger partial charge in [-0.15, -0.1) is 0 Å². The van der Waals surface area contributed by atoms with Crippen molar-refractivity contribution in [3.63, 3.8) is 0 Å². The molecule has 0 saturated heterocycles. The van der Waals surface area contributed by atoms with Crippen LogP contribution in [0.3, 0.4) is 0 Å². The van der Waals surface area contributed by atoms with Crippen LogP contribution in [0.25, 0.3) is 0 Å². The van der Waals surface area contributed by atoms with Crippen LogP contribution >= 0.6 is 11.6 Å². The molecule has 4 N–H and O–H groups in total. The Morgan fingerprint density at radius 2 is 1.70 bits per heavy atom. The highest BCUT2D eigenvalue weighted by atomic mass is 35.5. The maximum atomic E-state index is 12.1. The first-order valence-electron chi connectivity index (χ1n) is 9.23. The van der Waals surface area contributed by atoms with E-state index in [9.17, 15) is 24.6 Å². The second kappa shape index (κ2) is 11.8. The van der Waals surface area contributed by atoms with E-state index in [4.69, 9.17) is 16.3 Å². The lowest BCUT2D eigenvalue weighted by molar-refractivity contribution is -0.142. The van der Waals surface area contributed by atoms with E-state index in [1.54, 1.807) is 36.4 Å². The van der Waals surface area contributed by atoms with Crippen LogP contribution in [0.5, 0.6) is 0 Å². The lowest BCUT2D eigenvalue weighted by atomic mass is 10.1. The minimum absolute atomic E-state index is 0.000897. The number of aliphatic hydroxyl groups excluding tert-OH is 1. The number of benzene rings is 2. The molecule has 0 aliphatic carbocycles. The molecule has 2 atom stereocenters. The smallest absolute Gasteiger partial charge is 0.407 e. The largest absolute Gasteiger partial charge is 0.480 e. The van der Waals surface area contributed by atoms with Crippen molar-refractivity contribution in [3.8, 4) is 0 Å². The first-order chi connectivity index (χ1) is 14.3. The SMILES string of the molecule is O=C(C[C@@H](O)CNC(=O)OCc1ccccc1)N[C@@H](Cc1ccccc1Cl)C(=O)O. The zero-order valence-electron chi connectivity index (χ0n) is 16.1. The average Bonchev–Trinajstić information content (AvgIpc) is 2.72. The number of amides is 2. The molecule has 160 valence electrons. The summed E-state index contributed by atoms with van der Waals surface area (Å²) in [5.74, 6) is -1.89. The van der Waals surface area contributed by atoms with Gasteiger partial charge in [-0.2, -0.15) is 0 Å². The fourth-order valence-electron chi connectivity index (χ4n) is 2.60. The number of carboxylic acids is 1. The van der Waals surface area contributed by atoms with E-state index < -0.39 is 30.1 Å². The molecular formula is C21H23ClN2O6. The zero-order valence-corrected chi connectivity index (χ0v) is 16.8. The molecule has 8 nitrogen and oxygen atoms in total. The zero-order chi connectivity index (χ0) is 21.9. The van der Waals surface area contributed by atoms with Gasteiger partial charge in [-0.05, 0) is 17.2 Å².